The maximum absolute atomic E-state index is 4.67. The number of hydrogen-bond acceptors (Lipinski definition) is 6. The van der Waals surface area contributed by atoms with Gasteiger partial charge in [-0.1, -0.05) is 6.92 Å². The highest BCUT2D eigenvalue weighted by Gasteiger charge is 2.21. The fourth-order valence-corrected chi connectivity index (χ4v) is 3.18. The molecule has 0 saturated carbocycles. The first-order valence-corrected chi connectivity index (χ1v) is 9.11. The minimum Gasteiger partial charge on any atom is -0.370 e. The van der Waals surface area contributed by atoms with Crippen LogP contribution in [0.25, 0.3) is 11.3 Å². The third-order valence-electron chi connectivity index (χ3n) is 4.86. The summed E-state index contributed by atoms with van der Waals surface area (Å²) < 4.78 is 0. The normalized spacial score (nSPS) is 16.0. The molecule has 1 aliphatic heterocycles. The van der Waals surface area contributed by atoms with Gasteiger partial charge >= 0.3 is 0 Å². The Morgan fingerprint density at radius 3 is 2.68 bits per heavy atom. The molecule has 2 aromatic heterocycles. The summed E-state index contributed by atoms with van der Waals surface area (Å²) in [4.78, 5) is 18.0. The number of nitrogens with zero attached hydrogens (tertiary/aromatic N) is 5. The van der Waals surface area contributed by atoms with Gasteiger partial charge in [0, 0.05) is 37.5 Å². The first-order valence-electron chi connectivity index (χ1n) is 9.11. The van der Waals surface area contributed by atoms with Gasteiger partial charge in [0.1, 0.15) is 18.0 Å². The molecule has 1 fully saturated rings. The zero-order valence-corrected chi connectivity index (χ0v) is 15.4. The summed E-state index contributed by atoms with van der Waals surface area (Å²) in [5, 5.41) is 3.30. The standard InChI is InChI=1S/C19H28N6/c1-4-9-20-18-12-17(22-14-23-18)15-5-6-19(21-13-15)25(3)16-7-10-24(2)11-8-16/h5-6,12-14,16H,4,7-11H2,1-3H3,(H,20,22,23). The van der Waals surface area contributed by atoms with Crippen LogP contribution in [0, 0.1) is 0 Å². The molecule has 1 aliphatic rings. The molecule has 134 valence electrons. The van der Waals surface area contributed by atoms with Crippen molar-refractivity contribution in [3.8, 4) is 11.3 Å². The minimum atomic E-state index is 0.568. The van der Waals surface area contributed by atoms with E-state index < -0.39 is 0 Å². The lowest BCUT2D eigenvalue weighted by Gasteiger charge is -2.35. The maximum Gasteiger partial charge on any atom is 0.129 e. The van der Waals surface area contributed by atoms with Gasteiger partial charge in [0.2, 0.25) is 0 Å². The van der Waals surface area contributed by atoms with Crippen molar-refractivity contribution < 1.29 is 0 Å². The van der Waals surface area contributed by atoms with E-state index in [2.05, 4.69) is 63.2 Å². The molecule has 0 unspecified atom stereocenters. The van der Waals surface area contributed by atoms with E-state index in [1.807, 2.05) is 12.3 Å². The predicted molar refractivity (Wildman–Crippen MR) is 103 cm³/mol. The van der Waals surface area contributed by atoms with Gasteiger partial charge in [-0.15, -0.1) is 0 Å². The lowest BCUT2D eigenvalue weighted by Crippen LogP contribution is -2.42. The number of likely N-dealkylation sites (tertiary alicyclic amines) is 1. The Morgan fingerprint density at radius 2 is 2.00 bits per heavy atom. The second-order valence-electron chi connectivity index (χ2n) is 6.77. The Balaban J connectivity index is 1.69. The highest BCUT2D eigenvalue weighted by Crippen LogP contribution is 2.23. The highest BCUT2D eigenvalue weighted by atomic mass is 15.2. The van der Waals surface area contributed by atoms with E-state index in [0.29, 0.717) is 6.04 Å². The SMILES string of the molecule is CCCNc1cc(-c2ccc(N(C)C3CCN(C)CC3)nc2)ncn1. The van der Waals surface area contributed by atoms with Gasteiger partial charge in [0.25, 0.3) is 0 Å². The number of nitrogens with one attached hydrogen (secondary N) is 1. The van der Waals surface area contributed by atoms with Crippen LogP contribution in [0.15, 0.2) is 30.7 Å². The minimum absolute atomic E-state index is 0.568. The van der Waals surface area contributed by atoms with E-state index in [1.54, 1.807) is 6.33 Å². The van der Waals surface area contributed by atoms with Crippen LogP contribution in [0.4, 0.5) is 11.6 Å². The summed E-state index contributed by atoms with van der Waals surface area (Å²) >= 11 is 0. The van der Waals surface area contributed by atoms with Gasteiger partial charge < -0.3 is 15.1 Å². The molecule has 3 rings (SSSR count). The van der Waals surface area contributed by atoms with Crippen molar-refractivity contribution in [2.75, 3.05) is 43.9 Å². The van der Waals surface area contributed by atoms with Gasteiger partial charge in [-0.25, -0.2) is 15.0 Å². The average Bonchev–Trinajstić information content (AvgIpc) is 2.67. The van der Waals surface area contributed by atoms with Crippen LogP contribution in [0.3, 0.4) is 0 Å². The molecule has 0 spiro atoms. The van der Waals surface area contributed by atoms with Crippen LogP contribution in [0.2, 0.25) is 0 Å². The fraction of sp³-hybridized carbons (Fsp3) is 0.526. The van der Waals surface area contributed by atoms with Crippen molar-refractivity contribution in [3.05, 3.63) is 30.7 Å². The smallest absolute Gasteiger partial charge is 0.129 e. The molecular formula is C19H28N6. The summed E-state index contributed by atoms with van der Waals surface area (Å²) in [5.74, 6) is 1.89. The van der Waals surface area contributed by atoms with E-state index in [0.717, 1.165) is 48.9 Å². The number of pyridine rings is 1. The van der Waals surface area contributed by atoms with E-state index >= 15 is 0 Å². The quantitative estimate of drug-likeness (QED) is 0.873. The number of hydrogen-bond donors (Lipinski definition) is 1. The molecule has 0 bridgehead atoms. The van der Waals surface area contributed by atoms with Crippen LogP contribution >= 0.6 is 0 Å². The number of piperidine rings is 1. The van der Waals surface area contributed by atoms with E-state index in [4.69, 9.17) is 0 Å². The van der Waals surface area contributed by atoms with Gasteiger partial charge in [0.15, 0.2) is 0 Å². The topological polar surface area (TPSA) is 57.2 Å². The van der Waals surface area contributed by atoms with Crippen LogP contribution in [0.1, 0.15) is 26.2 Å². The van der Waals surface area contributed by atoms with Crippen LogP contribution in [-0.4, -0.2) is 59.6 Å². The molecule has 0 aromatic carbocycles. The van der Waals surface area contributed by atoms with Gasteiger partial charge in [-0.3, -0.25) is 0 Å². The van der Waals surface area contributed by atoms with Crippen molar-refractivity contribution in [1.29, 1.82) is 0 Å². The molecule has 6 heteroatoms. The largest absolute Gasteiger partial charge is 0.370 e. The Morgan fingerprint density at radius 1 is 1.20 bits per heavy atom. The van der Waals surface area contributed by atoms with E-state index in [1.165, 1.54) is 12.8 Å². The lowest BCUT2D eigenvalue weighted by molar-refractivity contribution is 0.252. The number of anilines is 2. The van der Waals surface area contributed by atoms with Crippen LogP contribution < -0.4 is 10.2 Å². The van der Waals surface area contributed by atoms with Crippen molar-refractivity contribution in [2.45, 2.75) is 32.2 Å². The van der Waals surface area contributed by atoms with Crippen molar-refractivity contribution in [3.63, 3.8) is 0 Å². The highest BCUT2D eigenvalue weighted by molar-refractivity contribution is 5.62. The third-order valence-corrected chi connectivity index (χ3v) is 4.86. The zero-order chi connectivity index (χ0) is 17.6. The second kappa shape index (κ2) is 8.25. The monoisotopic (exact) mass is 340 g/mol. The van der Waals surface area contributed by atoms with Crippen molar-refractivity contribution in [2.24, 2.45) is 0 Å². The van der Waals surface area contributed by atoms with E-state index in [9.17, 15) is 0 Å². The molecule has 3 heterocycles. The van der Waals surface area contributed by atoms with Crippen LogP contribution in [0.5, 0.6) is 0 Å². The van der Waals surface area contributed by atoms with Gasteiger partial charge in [0.05, 0.1) is 5.69 Å². The Bertz CT molecular complexity index is 664. The van der Waals surface area contributed by atoms with Gasteiger partial charge in [-0.2, -0.15) is 0 Å². The second-order valence-corrected chi connectivity index (χ2v) is 6.77. The summed E-state index contributed by atoms with van der Waals surface area (Å²) in [6.07, 6.45) is 6.96. The molecule has 1 saturated heterocycles. The summed E-state index contributed by atoms with van der Waals surface area (Å²) in [6, 6.07) is 6.74. The molecule has 6 nitrogen and oxygen atoms in total. The van der Waals surface area contributed by atoms with E-state index in [-0.39, 0.29) is 0 Å². The van der Waals surface area contributed by atoms with Gasteiger partial charge in [-0.05, 0) is 51.5 Å². The Kier molecular flexibility index (Phi) is 5.81. The molecule has 0 amide bonds. The Hall–Kier alpha value is -2.21. The fourth-order valence-electron chi connectivity index (χ4n) is 3.18. The molecule has 2 aromatic rings. The molecule has 25 heavy (non-hydrogen) atoms. The third kappa shape index (κ3) is 4.45. The Labute approximate surface area is 150 Å². The van der Waals surface area contributed by atoms with Crippen molar-refractivity contribution >= 4 is 11.6 Å². The summed E-state index contributed by atoms with van der Waals surface area (Å²) in [6.45, 7) is 5.36. The molecule has 0 radical (unpaired) electrons. The van der Waals surface area contributed by atoms with Crippen molar-refractivity contribution in [1.82, 2.24) is 19.9 Å². The first-order chi connectivity index (χ1) is 12.2. The number of rotatable bonds is 6. The predicted octanol–water partition coefficient (Wildman–Crippen LogP) is 2.89. The molecule has 1 N–H and O–H groups in total. The zero-order valence-electron chi connectivity index (χ0n) is 15.4. The number of aromatic nitrogens is 3. The maximum atomic E-state index is 4.67. The molecule has 0 aliphatic carbocycles. The lowest BCUT2D eigenvalue weighted by atomic mass is 10.0. The first kappa shape index (κ1) is 17.6. The molecular weight excluding hydrogens is 312 g/mol. The molecule has 0 atom stereocenters. The summed E-state index contributed by atoms with van der Waals surface area (Å²) in [5.41, 5.74) is 1.91. The van der Waals surface area contributed by atoms with Crippen LogP contribution in [-0.2, 0) is 0 Å². The average molecular weight is 340 g/mol. The summed E-state index contributed by atoms with van der Waals surface area (Å²) in [7, 11) is 4.34.